The fraction of sp³-hybridized carbons (Fsp3) is 0.111. The van der Waals surface area contributed by atoms with Crippen molar-refractivity contribution in [2.75, 3.05) is 0 Å². The van der Waals surface area contributed by atoms with Crippen LogP contribution in [0.1, 0.15) is 18.4 Å². The van der Waals surface area contributed by atoms with Crippen LogP contribution in [0.3, 0.4) is 0 Å². The molecule has 0 aliphatic heterocycles. The lowest BCUT2D eigenvalue weighted by molar-refractivity contribution is -0.112. The van der Waals surface area contributed by atoms with E-state index in [1.165, 1.54) is 0 Å². The Morgan fingerprint density at radius 1 is 0.952 bits per heavy atom. The summed E-state index contributed by atoms with van der Waals surface area (Å²) in [7, 11) is 0. The minimum absolute atomic E-state index is 0.00185. The summed E-state index contributed by atoms with van der Waals surface area (Å²) in [5, 5.41) is 2.67. The van der Waals surface area contributed by atoms with E-state index >= 15 is 0 Å². The van der Waals surface area contributed by atoms with Crippen molar-refractivity contribution in [3.8, 4) is 0 Å². The van der Waals surface area contributed by atoms with E-state index in [4.69, 9.17) is 11.6 Å². The number of halogens is 1. The van der Waals surface area contributed by atoms with Crippen LogP contribution in [0.25, 0.3) is 21.5 Å². The lowest BCUT2D eigenvalue weighted by Gasteiger charge is -2.06. The summed E-state index contributed by atoms with van der Waals surface area (Å²) in [6.07, 6.45) is 0. The van der Waals surface area contributed by atoms with Gasteiger partial charge in [0.1, 0.15) is 0 Å². The monoisotopic (exact) mass is 296 g/mol. The molecule has 0 spiro atoms. The molecule has 2 nitrogen and oxygen atoms in total. The predicted molar refractivity (Wildman–Crippen MR) is 87.0 cm³/mol. The van der Waals surface area contributed by atoms with Crippen molar-refractivity contribution in [3.05, 3.63) is 70.4 Å². The normalized spacial score (nSPS) is 12.5. The van der Waals surface area contributed by atoms with E-state index in [-0.39, 0.29) is 11.3 Å². The zero-order chi connectivity index (χ0) is 15.0. The van der Waals surface area contributed by atoms with Crippen LogP contribution in [0.4, 0.5) is 0 Å². The number of carbonyl (C=O) groups excluding carboxylic acids is 1. The Kier molecular flexibility index (Phi) is 3.48. The largest absolute Gasteiger partial charge is 0.289 e. The first kappa shape index (κ1) is 13.8. The van der Waals surface area contributed by atoms with Gasteiger partial charge >= 0.3 is 0 Å². The molecule has 0 fully saturated rings. The first-order chi connectivity index (χ1) is 10.1. The first-order valence-corrected chi connectivity index (χ1v) is 7.11. The smallest absolute Gasteiger partial charge is 0.228 e. The van der Waals surface area contributed by atoms with E-state index in [1.54, 1.807) is 19.1 Å². The van der Waals surface area contributed by atoms with E-state index in [9.17, 15) is 9.59 Å². The van der Waals surface area contributed by atoms with Gasteiger partial charge in [-0.05, 0) is 27.9 Å². The van der Waals surface area contributed by atoms with Gasteiger partial charge in [-0.1, -0.05) is 61.5 Å². The highest BCUT2D eigenvalue weighted by atomic mass is 35.5. The number of rotatable bonds is 2. The molecule has 0 aliphatic rings. The van der Waals surface area contributed by atoms with Crippen molar-refractivity contribution in [3.63, 3.8) is 0 Å². The molecule has 1 unspecified atom stereocenters. The third-order valence-corrected chi connectivity index (χ3v) is 4.14. The van der Waals surface area contributed by atoms with Gasteiger partial charge in [-0.2, -0.15) is 0 Å². The maximum Gasteiger partial charge on any atom is 0.228 e. The molecule has 0 saturated carbocycles. The number of hydrogen-bond donors (Lipinski definition) is 0. The average Bonchev–Trinajstić information content (AvgIpc) is 2.64. The van der Waals surface area contributed by atoms with Crippen LogP contribution < -0.4 is 5.43 Å². The third kappa shape index (κ3) is 2.43. The molecule has 104 valence electrons. The quantitative estimate of drug-likeness (QED) is 0.663. The highest BCUT2D eigenvalue weighted by molar-refractivity contribution is 6.64. The number of carbonyl (C=O) groups is 1. The van der Waals surface area contributed by atoms with Crippen LogP contribution in [0.5, 0.6) is 0 Å². The van der Waals surface area contributed by atoms with Gasteiger partial charge in [0.25, 0.3) is 0 Å². The van der Waals surface area contributed by atoms with Crippen molar-refractivity contribution in [2.24, 2.45) is 0 Å². The topological polar surface area (TPSA) is 34.1 Å². The summed E-state index contributed by atoms with van der Waals surface area (Å²) >= 11 is 5.56. The van der Waals surface area contributed by atoms with Crippen LogP contribution in [0.2, 0.25) is 0 Å². The molecular formula is C18H13ClO2. The zero-order valence-corrected chi connectivity index (χ0v) is 12.2. The number of benzene rings is 2. The van der Waals surface area contributed by atoms with E-state index in [1.807, 2.05) is 42.5 Å². The summed E-state index contributed by atoms with van der Waals surface area (Å²) in [6.45, 7) is 1.76. The van der Waals surface area contributed by atoms with E-state index in [0.717, 1.165) is 16.3 Å². The Hall–Kier alpha value is -2.19. The van der Waals surface area contributed by atoms with Crippen molar-refractivity contribution in [2.45, 2.75) is 12.8 Å². The molecule has 3 aromatic rings. The minimum atomic E-state index is -0.401. The molecule has 0 heterocycles. The highest BCUT2D eigenvalue weighted by Gasteiger charge is 2.13. The molecule has 3 aromatic carbocycles. The van der Waals surface area contributed by atoms with E-state index in [0.29, 0.717) is 10.8 Å². The molecule has 1 atom stereocenters. The molecule has 3 rings (SSSR count). The van der Waals surface area contributed by atoms with Gasteiger partial charge in [-0.3, -0.25) is 9.59 Å². The van der Waals surface area contributed by atoms with Gasteiger partial charge in [0.15, 0.2) is 5.43 Å². The maximum atomic E-state index is 12.6. The standard InChI is InChI=1S/C18H13ClO2/c1-11(18(19)21)13-8-9-16-14(10-13)7-6-12-4-2-3-5-15(12)17(16)20/h2-11H,1H3. The molecule has 3 heteroatoms. The zero-order valence-electron chi connectivity index (χ0n) is 11.5. The Morgan fingerprint density at radius 2 is 1.62 bits per heavy atom. The molecule has 0 bridgehead atoms. The van der Waals surface area contributed by atoms with Crippen LogP contribution in [0.15, 0.2) is 59.4 Å². The highest BCUT2D eigenvalue weighted by Crippen LogP contribution is 2.23. The van der Waals surface area contributed by atoms with Crippen LogP contribution in [0, 0.1) is 0 Å². The summed E-state index contributed by atoms with van der Waals surface area (Å²) in [5.41, 5.74) is 0.819. The lowest BCUT2D eigenvalue weighted by atomic mass is 9.99. The number of hydrogen-bond acceptors (Lipinski definition) is 2. The second-order valence-electron chi connectivity index (χ2n) is 5.12. The fourth-order valence-corrected chi connectivity index (χ4v) is 2.63. The second-order valence-corrected chi connectivity index (χ2v) is 5.49. The predicted octanol–water partition coefficient (Wildman–Crippen LogP) is 4.22. The molecule has 0 radical (unpaired) electrons. The van der Waals surface area contributed by atoms with Crippen molar-refractivity contribution >= 4 is 38.4 Å². The molecular weight excluding hydrogens is 284 g/mol. The van der Waals surface area contributed by atoms with Crippen LogP contribution >= 0.6 is 11.6 Å². The molecule has 0 aliphatic carbocycles. The van der Waals surface area contributed by atoms with Gasteiger partial charge < -0.3 is 0 Å². The van der Waals surface area contributed by atoms with E-state index < -0.39 is 5.24 Å². The third-order valence-electron chi connectivity index (χ3n) is 3.81. The average molecular weight is 297 g/mol. The fourth-order valence-electron chi connectivity index (χ4n) is 2.50. The molecule has 0 saturated heterocycles. The van der Waals surface area contributed by atoms with Gasteiger partial charge in [-0.25, -0.2) is 0 Å². The van der Waals surface area contributed by atoms with Gasteiger partial charge in [-0.15, -0.1) is 0 Å². The summed E-state index contributed by atoms with van der Waals surface area (Å²) in [4.78, 5) is 23.9. The summed E-state index contributed by atoms with van der Waals surface area (Å²) in [6, 6.07) is 16.8. The lowest BCUT2D eigenvalue weighted by Crippen LogP contribution is -2.03. The van der Waals surface area contributed by atoms with Gasteiger partial charge in [0.2, 0.25) is 5.24 Å². The Bertz CT molecular complexity index is 915. The first-order valence-electron chi connectivity index (χ1n) is 6.73. The maximum absolute atomic E-state index is 12.6. The molecule has 0 N–H and O–H groups in total. The Morgan fingerprint density at radius 3 is 2.38 bits per heavy atom. The second kappa shape index (κ2) is 5.30. The molecule has 0 aromatic heterocycles. The van der Waals surface area contributed by atoms with Gasteiger partial charge in [0, 0.05) is 10.8 Å². The SMILES string of the molecule is CC(C(=O)Cl)c1ccc2c(=O)c3ccccc3ccc2c1. The molecule has 21 heavy (non-hydrogen) atoms. The minimum Gasteiger partial charge on any atom is -0.289 e. The Balaban J connectivity index is 2.36. The summed E-state index contributed by atoms with van der Waals surface area (Å²) in [5.74, 6) is -0.383. The van der Waals surface area contributed by atoms with E-state index in [2.05, 4.69) is 0 Å². The van der Waals surface area contributed by atoms with Crippen LogP contribution in [-0.4, -0.2) is 5.24 Å². The number of fused-ring (bicyclic) bond motifs is 2. The summed E-state index contributed by atoms with van der Waals surface area (Å²) < 4.78 is 0. The van der Waals surface area contributed by atoms with Crippen molar-refractivity contribution in [1.82, 2.24) is 0 Å². The van der Waals surface area contributed by atoms with Gasteiger partial charge in [0.05, 0.1) is 5.92 Å². The van der Waals surface area contributed by atoms with Crippen molar-refractivity contribution < 1.29 is 4.79 Å². The molecule has 0 amide bonds. The van der Waals surface area contributed by atoms with Crippen LogP contribution in [-0.2, 0) is 4.79 Å². The Labute approximate surface area is 127 Å². The van der Waals surface area contributed by atoms with Crippen molar-refractivity contribution in [1.29, 1.82) is 0 Å².